The van der Waals surface area contributed by atoms with Gasteiger partial charge < -0.3 is 5.32 Å². The molecule has 1 aromatic carbocycles. The first-order valence-corrected chi connectivity index (χ1v) is 8.92. The second-order valence-electron chi connectivity index (χ2n) is 4.68. The average Bonchev–Trinajstić information content (AvgIpc) is 3.24. The fourth-order valence-corrected chi connectivity index (χ4v) is 3.39. The Balaban J connectivity index is 1.44. The molecule has 0 atom stereocenters. The summed E-state index contributed by atoms with van der Waals surface area (Å²) in [4.78, 5) is 20.5. The highest BCUT2D eigenvalue weighted by Crippen LogP contribution is 2.23. The van der Waals surface area contributed by atoms with Crippen molar-refractivity contribution in [3.63, 3.8) is 0 Å². The summed E-state index contributed by atoms with van der Waals surface area (Å²) < 4.78 is 0. The molecule has 2 N–H and O–H groups in total. The number of rotatable bonds is 7. The number of H-pyrrole nitrogens is 1. The maximum atomic E-state index is 11.9. The molecular formula is C15H15N5OS2. The molecule has 2 aromatic heterocycles. The van der Waals surface area contributed by atoms with E-state index in [0.717, 1.165) is 27.2 Å². The highest BCUT2D eigenvalue weighted by Gasteiger charge is 2.08. The van der Waals surface area contributed by atoms with Gasteiger partial charge in [0.2, 0.25) is 5.91 Å². The van der Waals surface area contributed by atoms with E-state index in [4.69, 9.17) is 0 Å². The number of hydrogen-bond donors (Lipinski definition) is 2. The van der Waals surface area contributed by atoms with E-state index in [1.807, 2.05) is 35.7 Å². The lowest BCUT2D eigenvalue weighted by Crippen LogP contribution is -2.27. The summed E-state index contributed by atoms with van der Waals surface area (Å²) in [5.74, 6) is 0.723. The third-order valence-electron chi connectivity index (χ3n) is 2.97. The molecule has 0 aliphatic rings. The van der Waals surface area contributed by atoms with Crippen LogP contribution in [0.1, 0.15) is 5.69 Å². The van der Waals surface area contributed by atoms with E-state index >= 15 is 0 Å². The molecule has 23 heavy (non-hydrogen) atoms. The molecule has 0 aliphatic carbocycles. The molecule has 118 valence electrons. The molecule has 0 unspecified atom stereocenters. The Labute approximate surface area is 141 Å². The second kappa shape index (κ2) is 7.89. The Morgan fingerprint density at radius 1 is 1.30 bits per heavy atom. The number of nitrogens with one attached hydrogen (secondary N) is 2. The van der Waals surface area contributed by atoms with E-state index in [2.05, 4.69) is 25.5 Å². The van der Waals surface area contributed by atoms with E-state index in [9.17, 15) is 4.79 Å². The fourth-order valence-electron chi connectivity index (χ4n) is 1.93. The molecule has 8 heteroatoms. The number of carbonyl (C=O) groups excluding carboxylic acids is 1. The number of carbonyl (C=O) groups is 1. The highest BCUT2D eigenvalue weighted by molar-refractivity contribution is 7.99. The molecule has 3 rings (SSSR count). The van der Waals surface area contributed by atoms with Gasteiger partial charge in [-0.2, -0.15) is 5.10 Å². The first-order chi connectivity index (χ1) is 11.3. The minimum absolute atomic E-state index is 0.0203. The predicted molar refractivity (Wildman–Crippen MR) is 91.4 cm³/mol. The number of thioether (sulfide) groups is 1. The molecule has 6 nitrogen and oxygen atoms in total. The van der Waals surface area contributed by atoms with Crippen LogP contribution in [0.2, 0.25) is 0 Å². The number of nitrogens with zero attached hydrogens (tertiary/aromatic N) is 3. The molecule has 0 bridgehead atoms. The Morgan fingerprint density at radius 2 is 2.17 bits per heavy atom. The van der Waals surface area contributed by atoms with Gasteiger partial charge in [-0.1, -0.05) is 42.1 Å². The van der Waals surface area contributed by atoms with Crippen molar-refractivity contribution >= 4 is 29.0 Å². The molecule has 2 heterocycles. The Morgan fingerprint density at radius 3 is 2.96 bits per heavy atom. The minimum Gasteiger partial charge on any atom is -0.355 e. The summed E-state index contributed by atoms with van der Waals surface area (Å²) in [5.41, 5.74) is 1.88. The Kier molecular flexibility index (Phi) is 5.38. The predicted octanol–water partition coefficient (Wildman–Crippen LogP) is 2.38. The van der Waals surface area contributed by atoms with Gasteiger partial charge in [0.1, 0.15) is 11.3 Å². The quantitative estimate of drug-likeness (QED) is 0.507. The van der Waals surface area contributed by atoms with E-state index in [1.165, 1.54) is 18.1 Å². The zero-order chi connectivity index (χ0) is 15.9. The van der Waals surface area contributed by atoms with Gasteiger partial charge >= 0.3 is 0 Å². The lowest BCUT2D eigenvalue weighted by atomic mass is 10.2. The van der Waals surface area contributed by atoms with Crippen LogP contribution < -0.4 is 5.32 Å². The van der Waals surface area contributed by atoms with Gasteiger partial charge in [0, 0.05) is 23.2 Å². The summed E-state index contributed by atoms with van der Waals surface area (Å²) in [7, 11) is 0. The van der Waals surface area contributed by atoms with Gasteiger partial charge in [-0.15, -0.1) is 11.3 Å². The zero-order valence-corrected chi connectivity index (χ0v) is 13.9. The van der Waals surface area contributed by atoms with E-state index < -0.39 is 0 Å². The van der Waals surface area contributed by atoms with Crippen LogP contribution in [0.5, 0.6) is 0 Å². The van der Waals surface area contributed by atoms with Crippen molar-refractivity contribution in [2.45, 2.75) is 11.6 Å². The van der Waals surface area contributed by atoms with Gasteiger partial charge in [0.25, 0.3) is 0 Å². The lowest BCUT2D eigenvalue weighted by molar-refractivity contribution is -0.120. The van der Waals surface area contributed by atoms with Crippen molar-refractivity contribution in [1.82, 2.24) is 25.5 Å². The van der Waals surface area contributed by atoms with Gasteiger partial charge in [0.05, 0.1) is 12.1 Å². The average molecular weight is 345 g/mol. The third kappa shape index (κ3) is 4.64. The molecule has 0 fully saturated rings. The topological polar surface area (TPSA) is 83.6 Å². The Hall–Kier alpha value is -2.19. The zero-order valence-electron chi connectivity index (χ0n) is 12.2. The molecule has 0 aliphatic heterocycles. The van der Waals surface area contributed by atoms with Crippen molar-refractivity contribution in [2.24, 2.45) is 0 Å². The minimum atomic E-state index is -0.0203. The molecule has 0 saturated carbocycles. The summed E-state index contributed by atoms with van der Waals surface area (Å²) in [6.07, 6.45) is 1.77. The van der Waals surface area contributed by atoms with Gasteiger partial charge in [0.15, 0.2) is 5.16 Å². The normalized spacial score (nSPS) is 10.6. The van der Waals surface area contributed by atoms with E-state index in [0.29, 0.717) is 13.0 Å². The molecular weight excluding hydrogens is 330 g/mol. The fraction of sp³-hybridized carbons (Fsp3) is 0.200. The first-order valence-electron chi connectivity index (χ1n) is 7.06. The van der Waals surface area contributed by atoms with Crippen LogP contribution in [0.15, 0.2) is 47.2 Å². The monoisotopic (exact) mass is 345 g/mol. The van der Waals surface area contributed by atoms with Crippen LogP contribution in [0, 0.1) is 0 Å². The van der Waals surface area contributed by atoms with Crippen molar-refractivity contribution in [3.05, 3.63) is 47.7 Å². The van der Waals surface area contributed by atoms with Crippen LogP contribution in [0.3, 0.4) is 0 Å². The van der Waals surface area contributed by atoms with Crippen LogP contribution >= 0.6 is 23.1 Å². The van der Waals surface area contributed by atoms with Crippen LogP contribution in [-0.4, -0.2) is 38.4 Å². The molecule has 0 radical (unpaired) electrons. The molecule has 0 saturated heterocycles. The van der Waals surface area contributed by atoms with E-state index in [-0.39, 0.29) is 5.91 Å². The summed E-state index contributed by atoms with van der Waals surface area (Å²) in [6.45, 7) is 0.583. The largest absolute Gasteiger partial charge is 0.355 e. The van der Waals surface area contributed by atoms with Crippen molar-refractivity contribution in [3.8, 4) is 10.6 Å². The summed E-state index contributed by atoms with van der Waals surface area (Å²) >= 11 is 3.08. The maximum absolute atomic E-state index is 11.9. The summed E-state index contributed by atoms with van der Waals surface area (Å²) in [5, 5.41) is 13.0. The third-order valence-corrected chi connectivity index (χ3v) is 4.79. The number of aromatic amines is 1. The first kappa shape index (κ1) is 15.7. The number of aromatic nitrogens is 4. The molecule has 3 aromatic rings. The Bertz CT molecular complexity index is 742. The van der Waals surface area contributed by atoms with E-state index in [1.54, 1.807) is 11.3 Å². The molecule has 1 amide bonds. The number of hydrogen-bond acceptors (Lipinski definition) is 6. The maximum Gasteiger partial charge on any atom is 0.226 e. The number of amides is 1. The van der Waals surface area contributed by atoms with Crippen molar-refractivity contribution in [2.75, 3.05) is 12.3 Å². The number of benzene rings is 1. The van der Waals surface area contributed by atoms with Gasteiger partial charge in [-0.25, -0.2) is 9.97 Å². The molecule has 0 spiro atoms. The van der Waals surface area contributed by atoms with Crippen LogP contribution in [0.4, 0.5) is 0 Å². The second-order valence-corrected chi connectivity index (χ2v) is 6.62. The van der Waals surface area contributed by atoms with Crippen molar-refractivity contribution < 1.29 is 4.79 Å². The standard InChI is InChI=1S/C15H15N5OS2/c21-13(16-6-7-22-15-17-10-18-20-15)8-12-9-23-14(19-12)11-4-2-1-3-5-11/h1-5,9-10H,6-8H2,(H,16,21)(H,17,18,20). The van der Waals surface area contributed by atoms with Crippen LogP contribution in [0.25, 0.3) is 10.6 Å². The lowest BCUT2D eigenvalue weighted by Gasteiger charge is -2.02. The van der Waals surface area contributed by atoms with Gasteiger partial charge in [-0.05, 0) is 0 Å². The smallest absolute Gasteiger partial charge is 0.226 e. The van der Waals surface area contributed by atoms with Crippen LogP contribution in [-0.2, 0) is 11.2 Å². The SMILES string of the molecule is O=C(Cc1csc(-c2ccccc2)n1)NCCSc1ncn[nH]1. The number of thiazole rings is 1. The van der Waals surface area contributed by atoms with Gasteiger partial charge in [-0.3, -0.25) is 9.89 Å². The summed E-state index contributed by atoms with van der Waals surface area (Å²) in [6, 6.07) is 9.97. The van der Waals surface area contributed by atoms with Crippen molar-refractivity contribution in [1.29, 1.82) is 0 Å². The highest BCUT2D eigenvalue weighted by atomic mass is 32.2.